The molecule has 1 amide bonds. The number of aryl methyl sites for hydroxylation is 1. The first-order chi connectivity index (χ1) is 13.6. The van der Waals surface area contributed by atoms with Gasteiger partial charge in [-0.3, -0.25) is 19.6 Å². The molecule has 142 valence electrons. The van der Waals surface area contributed by atoms with Crippen LogP contribution in [0.3, 0.4) is 0 Å². The van der Waals surface area contributed by atoms with Crippen molar-refractivity contribution in [3.8, 4) is 17.6 Å². The average Bonchev–Trinajstić information content (AvgIpc) is 2.70. The van der Waals surface area contributed by atoms with Crippen molar-refractivity contribution in [2.75, 3.05) is 13.2 Å². The van der Waals surface area contributed by atoms with E-state index in [4.69, 9.17) is 4.74 Å². The number of nitrogens with one attached hydrogen (secondary N) is 2. The van der Waals surface area contributed by atoms with Gasteiger partial charge in [0.05, 0.1) is 6.54 Å². The highest BCUT2D eigenvalue weighted by molar-refractivity contribution is 5.84. The molecule has 3 aromatic rings. The molecular formula is C20H18N4O4. The molecule has 0 unspecified atom stereocenters. The fourth-order valence-corrected chi connectivity index (χ4v) is 2.49. The molecule has 0 fully saturated rings. The quantitative estimate of drug-likeness (QED) is 0.614. The van der Waals surface area contributed by atoms with E-state index in [1.165, 1.54) is 16.8 Å². The maximum absolute atomic E-state index is 11.8. The van der Waals surface area contributed by atoms with Crippen LogP contribution < -0.4 is 21.3 Å². The van der Waals surface area contributed by atoms with Crippen LogP contribution >= 0.6 is 0 Å². The zero-order valence-electron chi connectivity index (χ0n) is 15.0. The van der Waals surface area contributed by atoms with Crippen molar-refractivity contribution in [2.24, 2.45) is 0 Å². The minimum absolute atomic E-state index is 0.103. The van der Waals surface area contributed by atoms with Crippen LogP contribution in [0, 0.1) is 11.8 Å². The van der Waals surface area contributed by atoms with Crippen LogP contribution in [0.1, 0.15) is 6.42 Å². The van der Waals surface area contributed by atoms with Crippen molar-refractivity contribution in [2.45, 2.75) is 13.0 Å². The summed E-state index contributed by atoms with van der Waals surface area (Å²) in [4.78, 5) is 40.7. The highest BCUT2D eigenvalue weighted by atomic mass is 16.5. The van der Waals surface area contributed by atoms with Gasteiger partial charge in [0.25, 0.3) is 5.56 Å². The summed E-state index contributed by atoms with van der Waals surface area (Å²) in [6.45, 7) is 0.529. The van der Waals surface area contributed by atoms with Crippen molar-refractivity contribution < 1.29 is 9.53 Å². The summed E-state index contributed by atoms with van der Waals surface area (Å²) in [5, 5.41) is 3.63. The Morgan fingerprint density at radius 1 is 1.18 bits per heavy atom. The van der Waals surface area contributed by atoms with Gasteiger partial charge in [-0.05, 0) is 12.1 Å². The maximum atomic E-state index is 11.8. The van der Waals surface area contributed by atoms with Gasteiger partial charge in [0.1, 0.15) is 17.9 Å². The third-order valence-electron chi connectivity index (χ3n) is 3.87. The fourth-order valence-electron chi connectivity index (χ4n) is 2.49. The van der Waals surface area contributed by atoms with Gasteiger partial charge < -0.3 is 14.6 Å². The van der Waals surface area contributed by atoms with E-state index in [0.717, 1.165) is 10.9 Å². The highest BCUT2D eigenvalue weighted by Gasteiger charge is 2.03. The molecule has 0 saturated heterocycles. The van der Waals surface area contributed by atoms with Gasteiger partial charge >= 0.3 is 5.69 Å². The zero-order chi connectivity index (χ0) is 19.8. The molecular weight excluding hydrogens is 360 g/mol. The van der Waals surface area contributed by atoms with Crippen LogP contribution in [0.2, 0.25) is 0 Å². The van der Waals surface area contributed by atoms with Gasteiger partial charge in [-0.2, -0.15) is 0 Å². The Morgan fingerprint density at radius 2 is 2.04 bits per heavy atom. The number of fused-ring (bicyclic) bond motifs is 1. The SMILES string of the molecule is O=C(CCn1ccc(=O)[nH]c1=O)NCC#CCOc1cccc2cccnc12. The van der Waals surface area contributed by atoms with Crippen molar-refractivity contribution in [1.29, 1.82) is 0 Å². The number of para-hydroxylation sites is 1. The number of ether oxygens (including phenoxy) is 1. The van der Waals surface area contributed by atoms with E-state index in [0.29, 0.717) is 5.75 Å². The van der Waals surface area contributed by atoms with Gasteiger partial charge in [-0.1, -0.05) is 30.0 Å². The molecule has 0 radical (unpaired) electrons. The molecule has 0 aliphatic carbocycles. The van der Waals surface area contributed by atoms with Gasteiger partial charge in [0, 0.05) is 36.8 Å². The monoisotopic (exact) mass is 378 g/mol. The molecule has 2 heterocycles. The lowest BCUT2D eigenvalue weighted by Gasteiger charge is -2.05. The Hall–Kier alpha value is -3.86. The Kier molecular flexibility index (Phi) is 6.21. The molecule has 0 aliphatic rings. The predicted molar refractivity (Wildman–Crippen MR) is 104 cm³/mol. The van der Waals surface area contributed by atoms with Crippen LogP contribution in [-0.2, 0) is 11.3 Å². The van der Waals surface area contributed by atoms with Crippen LogP contribution in [0.4, 0.5) is 0 Å². The lowest BCUT2D eigenvalue weighted by Crippen LogP contribution is -2.31. The Morgan fingerprint density at radius 3 is 2.89 bits per heavy atom. The first-order valence-corrected chi connectivity index (χ1v) is 8.62. The molecule has 8 heteroatoms. The number of pyridine rings is 1. The number of aromatic nitrogens is 3. The Balaban J connectivity index is 1.42. The summed E-state index contributed by atoms with van der Waals surface area (Å²) in [6, 6.07) is 10.7. The number of hydrogen-bond acceptors (Lipinski definition) is 5. The third-order valence-corrected chi connectivity index (χ3v) is 3.87. The van der Waals surface area contributed by atoms with E-state index in [9.17, 15) is 14.4 Å². The molecule has 0 aliphatic heterocycles. The minimum Gasteiger partial charge on any atom is -0.479 e. The summed E-state index contributed by atoms with van der Waals surface area (Å²) in [6.07, 6.45) is 3.16. The molecule has 0 atom stereocenters. The third kappa shape index (κ3) is 5.08. The summed E-state index contributed by atoms with van der Waals surface area (Å²) in [7, 11) is 0. The number of carbonyl (C=O) groups excluding carboxylic acids is 1. The molecule has 3 rings (SSSR count). The van der Waals surface area contributed by atoms with E-state index in [1.54, 1.807) is 6.20 Å². The predicted octanol–water partition coefficient (Wildman–Crippen LogP) is 0.673. The number of amides is 1. The van der Waals surface area contributed by atoms with Crippen LogP contribution in [0.5, 0.6) is 5.75 Å². The summed E-state index contributed by atoms with van der Waals surface area (Å²) >= 11 is 0. The second kappa shape index (κ2) is 9.19. The second-order valence-electron chi connectivity index (χ2n) is 5.80. The van der Waals surface area contributed by atoms with E-state index in [2.05, 4.69) is 27.1 Å². The normalized spacial score (nSPS) is 10.1. The largest absolute Gasteiger partial charge is 0.479 e. The van der Waals surface area contributed by atoms with Crippen LogP contribution in [-0.4, -0.2) is 33.6 Å². The number of benzene rings is 1. The zero-order valence-corrected chi connectivity index (χ0v) is 15.0. The first kappa shape index (κ1) is 18.9. The molecule has 0 spiro atoms. The van der Waals surface area contributed by atoms with Crippen molar-refractivity contribution >= 4 is 16.8 Å². The standard InChI is InChI=1S/C20H18N4O4/c25-17(8-12-24-13-9-18(26)23-20(24)27)21-10-1-2-14-28-16-7-3-5-15-6-4-11-22-19(15)16/h3-7,9,11,13H,8,10,12,14H2,(H,21,25)(H,23,26,27). The average molecular weight is 378 g/mol. The second-order valence-corrected chi connectivity index (χ2v) is 5.80. The number of carbonyl (C=O) groups is 1. The molecule has 1 aromatic carbocycles. The fraction of sp³-hybridized carbons (Fsp3) is 0.200. The first-order valence-electron chi connectivity index (χ1n) is 8.62. The lowest BCUT2D eigenvalue weighted by molar-refractivity contribution is -0.121. The van der Waals surface area contributed by atoms with Gasteiger partial charge in [-0.15, -0.1) is 0 Å². The topological polar surface area (TPSA) is 106 Å². The van der Waals surface area contributed by atoms with Gasteiger partial charge in [-0.25, -0.2) is 4.79 Å². The number of hydrogen-bond donors (Lipinski definition) is 2. The van der Waals surface area contributed by atoms with E-state index < -0.39 is 11.2 Å². The summed E-state index contributed by atoms with van der Waals surface area (Å²) in [5.41, 5.74) is -0.236. The number of aromatic amines is 1. The molecule has 0 saturated carbocycles. The van der Waals surface area contributed by atoms with E-state index in [-0.39, 0.29) is 32.0 Å². The minimum atomic E-state index is -0.542. The van der Waals surface area contributed by atoms with E-state index >= 15 is 0 Å². The molecule has 8 nitrogen and oxygen atoms in total. The smallest absolute Gasteiger partial charge is 0.328 e. The van der Waals surface area contributed by atoms with Crippen LogP contribution in [0.15, 0.2) is 58.4 Å². The highest BCUT2D eigenvalue weighted by Crippen LogP contribution is 2.22. The van der Waals surface area contributed by atoms with Gasteiger partial charge in [0.2, 0.25) is 5.91 Å². The summed E-state index contributed by atoms with van der Waals surface area (Å²) in [5.74, 6) is 6.05. The van der Waals surface area contributed by atoms with Crippen molar-refractivity contribution in [3.05, 3.63) is 69.6 Å². The Bertz CT molecular complexity index is 1150. The van der Waals surface area contributed by atoms with Crippen molar-refractivity contribution in [1.82, 2.24) is 19.9 Å². The molecule has 0 bridgehead atoms. The summed E-state index contributed by atoms with van der Waals surface area (Å²) < 4.78 is 6.90. The van der Waals surface area contributed by atoms with Gasteiger partial charge in [0.15, 0.2) is 0 Å². The number of nitrogens with zero attached hydrogens (tertiary/aromatic N) is 2. The Labute approximate surface area is 160 Å². The number of H-pyrrole nitrogens is 1. The van der Waals surface area contributed by atoms with E-state index in [1.807, 2.05) is 30.3 Å². The molecule has 2 aromatic heterocycles. The molecule has 28 heavy (non-hydrogen) atoms. The van der Waals surface area contributed by atoms with Crippen LogP contribution in [0.25, 0.3) is 10.9 Å². The lowest BCUT2D eigenvalue weighted by atomic mass is 10.2. The van der Waals surface area contributed by atoms with Crippen molar-refractivity contribution in [3.63, 3.8) is 0 Å². The maximum Gasteiger partial charge on any atom is 0.328 e. The molecule has 2 N–H and O–H groups in total. The number of rotatable bonds is 6.